The molecule has 0 bridgehead atoms. The molecule has 0 aromatic carbocycles. The third kappa shape index (κ3) is 15.8. The van der Waals surface area contributed by atoms with Crippen molar-refractivity contribution in [1.29, 1.82) is 0 Å². The number of ether oxygens (including phenoxy) is 3. The molecular formula is C16H34O10. The van der Waals surface area contributed by atoms with Crippen LogP contribution in [0.2, 0.25) is 0 Å². The van der Waals surface area contributed by atoms with Gasteiger partial charge in [-0.15, -0.1) is 0 Å². The lowest BCUT2D eigenvalue weighted by molar-refractivity contribution is -0.0592. The average molecular weight is 386 g/mol. The number of aliphatic hydroxyl groups excluding tert-OH is 7. The van der Waals surface area contributed by atoms with Crippen molar-refractivity contribution in [3.05, 3.63) is 0 Å². The van der Waals surface area contributed by atoms with Crippen LogP contribution in [0, 0.1) is 0 Å². The Balaban J connectivity index is 3.54. The van der Waals surface area contributed by atoms with Gasteiger partial charge in [0.05, 0.1) is 65.1 Å². The second-order valence-electron chi connectivity index (χ2n) is 6.18. The van der Waals surface area contributed by atoms with E-state index in [-0.39, 0.29) is 39.6 Å². The summed E-state index contributed by atoms with van der Waals surface area (Å²) < 4.78 is 15.2. The highest BCUT2D eigenvalue weighted by Crippen LogP contribution is 2.06. The summed E-state index contributed by atoms with van der Waals surface area (Å²) in [5.74, 6) is 0. The number of aliphatic hydroxyl groups is 7. The third-order valence-corrected chi connectivity index (χ3v) is 3.36. The predicted octanol–water partition coefficient (Wildman–Crippen LogP) is -3.00. The summed E-state index contributed by atoms with van der Waals surface area (Å²) in [6, 6.07) is 0. The van der Waals surface area contributed by atoms with E-state index in [0.717, 1.165) is 0 Å². The van der Waals surface area contributed by atoms with Crippen LogP contribution >= 0.6 is 0 Å². The van der Waals surface area contributed by atoms with Crippen molar-refractivity contribution in [2.24, 2.45) is 0 Å². The zero-order valence-electron chi connectivity index (χ0n) is 15.0. The van der Waals surface area contributed by atoms with Gasteiger partial charge < -0.3 is 50.0 Å². The largest absolute Gasteiger partial charge is 0.394 e. The Morgan fingerprint density at radius 1 is 0.462 bits per heavy atom. The average Bonchev–Trinajstić information content (AvgIpc) is 2.61. The molecule has 158 valence electrons. The Morgan fingerprint density at radius 3 is 1.12 bits per heavy atom. The lowest BCUT2D eigenvalue weighted by Gasteiger charge is -2.16. The maximum atomic E-state index is 9.76. The molecule has 5 unspecified atom stereocenters. The molecule has 0 spiro atoms. The van der Waals surface area contributed by atoms with Crippen LogP contribution in [0.25, 0.3) is 0 Å². The summed E-state index contributed by atoms with van der Waals surface area (Å²) in [4.78, 5) is 0. The van der Waals surface area contributed by atoms with E-state index in [2.05, 4.69) is 0 Å². The highest BCUT2D eigenvalue weighted by atomic mass is 16.5. The van der Waals surface area contributed by atoms with Gasteiger partial charge in [0.2, 0.25) is 0 Å². The fraction of sp³-hybridized carbons (Fsp3) is 1.00. The fourth-order valence-corrected chi connectivity index (χ4v) is 1.93. The maximum Gasteiger partial charge on any atom is 0.101 e. The molecule has 0 aliphatic rings. The Hall–Kier alpha value is -0.400. The van der Waals surface area contributed by atoms with Crippen LogP contribution in [-0.4, -0.2) is 119 Å². The van der Waals surface area contributed by atoms with Crippen molar-refractivity contribution < 1.29 is 50.0 Å². The smallest absolute Gasteiger partial charge is 0.101 e. The van der Waals surface area contributed by atoms with Gasteiger partial charge in [-0.2, -0.15) is 0 Å². The highest BCUT2D eigenvalue weighted by Gasteiger charge is 2.11. The van der Waals surface area contributed by atoms with Gasteiger partial charge in [-0.05, 0) is 19.3 Å². The minimum Gasteiger partial charge on any atom is -0.394 e. The molecule has 26 heavy (non-hydrogen) atoms. The van der Waals surface area contributed by atoms with Crippen LogP contribution in [0.5, 0.6) is 0 Å². The fourth-order valence-electron chi connectivity index (χ4n) is 1.93. The Kier molecular flexibility index (Phi) is 16.5. The first kappa shape index (κ1) is 25.6. The van der Waals surface area contributed by atoms with E-state index >= 15 is 0 Å². The van der Waals surface area contributed by atoms with Crippen molar-refractivity contribution in [2.45, 2.75) is 49.8 Å². The molecule has 5 atom stereocenters. The van der Waals surface area contributed by atoms with Gasteiger partial charge in [0.1, 0.15) is 18.3 Å². The predicted molar refractivity (Wildman–Crippen MR) is 90.5 cm³/mol. The molecule has 0 aromatic rings. The Labute approximate surface area is 153 Å². The molecule has 0 fully saturated rings. The van der Waals surface area contributed by atoms with E-state index in [4.69, 9.17) is 34.6 Å². The molecule has 10 heteroatoms. The van der Waals surface area contributed by atoms with Crippen LogP contribution < -0.4 is 0 Å². The molecule has 0 aliphatic heterocycles. The topological polar surface area (TPSA) is 169 Å². The van der Waals surface area contributed by atoms with Gasteiger partial charge in [0.25, 0.3) is 0 Å². The highest BCUT2D eigenvalue weighted by molar-refractivity contribution is 4.61. The van der Waals surface area contributed by atoms with Gasteiger partial charge >= 0.3 is 0 Å². The van der Waals surface area contributed by atoms with Crippen molar-refractivity contribution in [2.75, 3.05) is 52.9 Å². The van der Waals surface area contributed by atoms with Crippen LogP contribution in [-0.2, 0) is 14.2 Å². The summed E-state index contributed by atoms with van der Waals surface area (Å²) in [6.45, 7) is -0.944. The molecule has 0 rings (SSSR count). The van der Waals surface area contributed by atoms with Crippen molar-refractivity contribution >= 4 is 0 Å². The van der Waals surface area contributed by atoms with Gasteiger partial charge in [0, 0.05) is 0 Å². The van der Waals surface area contributed by atoms with Crippen LogP contribution in [0.15, 0.2) is 0 Å². The molecular weight excluding hydrogens is 352 g/mol. The lowest BCUT2D eigenvalue weighted by Crippen LogP contribution is -2.28. The molecule has 0 radical (unpaired) electrons. The van der Waals surface area contributed by atoms with E-state index in [1.165, 1.54) is 0 Å². The molecule has 0 saturated heterocycles. The quantitative estimate of drug-likeness (QED) is 0.129. The SMILES string of the molecule is OCC(O)COCC(O)CCCC(O)COCC(O)COCC(O)CO. The summed E-state index contributed by atoms with van der Waals surface area (Å²) in [7, 11) is 0. The first-order chi connectivity index (χ1) is 12.4. The van der Waals surface area contributed by atoms with Crippen molar-refractivity contribution in [1.82, 2.24) is 0 Å². The molecule has 0 heterocycles. The molecule has 0 aromatic heterocycles. The number of rotatable bonds is 18. The zero-order chi connectivity index (χ0) is 19.8. The van der Waals surface area contributed by atoms with Gasteiger partial charge in [-0.1, -0.05) is 0 Å². The minimum atomic E-state index is -0.981. The normalized spacial score (nSPS) is 17.7. The first-order valence-electron chi connectivity index (χ1n) is 8.74. The molecule has 0 aliphatic carbocycles. The van der Waals surface area contributed by atoms with E-state index in [1.54, 1.807) is 0 Å². The zero-order valence-corrected chi connectivity index (χ0v) is 15.0. The van der Waals surface area contributed by atoms with Crippen LogP contribution in [0.1, 0.15) is 19.3 Å². The van der Waals surface area contributed by atoms with Crippen molar-refractivity contribution in [3.63, 3.8) is 0 Å². The second kappa shape index (κ2) is 16.8. The third-order valence-electron chi connectivity index (χ3n) is 3.36. The second-order valence-corrected chi connectivity index (χ2v) is 6.18. The number of hydrogen-bond donors (Lipinski definition) is 7. The lowest BCUT2D eigenvalue weighted by atomic mass is 10.1. The van der Waals surface area contributed by atoms with E-state index in [0.29, 0.717) is 19.3 Å². The maximum absolute atomic E-state index is 9.76. The Bertz CT molecular complexity index is 279. The Morgan fingerprint density at radius 2 is 0.769 bits per heavy atom. The summed E-state index contributed by atoms with van der Waals surface area (Å²) >= 11 is 0. The van der Waals surface area contributed by atoms with Crippen LogP contribution in [0.4, 0.5) is 0 Å². The van der Waals surface area contributed by atoms with E-state index in [1.807, 2.05) is 0 Å². The van der Waals surface area contributed by atoms with E-state index in [9.17, 15) is 15.3 Å². The molecule has 10 nitrogen and oxygen atoms in total. The molecule has 0 saturated carbocycles. The molecule has 7 N–H and O–H groups in total. The van der Waals surface area contributed by atoms with Gasteiger partial charge in [-0.3, -0.25) is 0 Å². The first-order valence-corrected chi connectivity index (χ1v) is 8.74. The van der Waals surface area contributed by atoms with E-state index < -0.39 is 43.7 Å². The number of hydrogen-bond acceptors (Lipinski definition) is 10. The summed E-state index contributed by atoms with van der Waals surface area (Å²) in [6.07, 6.45) is -2.93. The van der Waals surface area contributed by atoms with Crippen LogP contribution in [0.3, 0.4) is 0 Å². The van der Waals surface area contributed by atoms with Crippen molar-refractivity contribution in [3.8, 4) is 0 Å². The monoisotopic (exact) mass is 386 g/mol. The summed E-state index contributed by atoms with van der Waals surface area (Å²) in [5.41, 5.74) is 0. The summed E-state index contributed by atoms with van der Waals surface area (Å²) in [5, 5.41) is 64.4. The molecule has 0 amide bonds. The standard InChI is InChI=1S/C16H34O10/c17-4-14(21)8-24-6-12(19)2-1-3-13(20)7-25-10-16(23)11-26-9-15(22)5-18/h12-23H,1-11H2. The van der Waals surface area contributed by atoms with Gasteiger partial charge in [-0.25, -0.2) is 0 Å². The van der Waals surface area contributed by atoms with Gasteiger partial charge in [0.15, 0.2) is 0 Å². The minimum absolute atomic E-state index is 0.0318.